The first-order chi connectivity index (χ1) is 40.7. The standard InChI is InChI=1S/C65H126O17P2/c1-5-9-13-17-21-25-29-33-37-41-45-49-62(67)75-55-60(81-64(69)51-47-43-39-35-31-27-23-19-15-11-7-3)57-79-83(71,72)77-53-59(66)54-78-84(73,74)80-58-61(82-65(70)52-48-44-40-36-32-28-24-20-16-12-8-4)56-76-63(68)50-46-42-38-34-30-26-22-18-14-10-6-2/h59-61,66H,5-58H2,1-4H3,(H,71,72)(H,73,74)/t59?,60-,61+. The number of aliphatic hydroxyl groups excluding tert-OH is 1. The number of ether oxygens (including phenoxy) is 4. The SMILES string of the molecule is CCCCCCCCCCCCCC(=O)OC[C@H](COP(=O)(O)OCC(O)COP(=O)(O)OC[C@H](COC(=O)CCCCCCCCCCCCC)OC(=O)CCCCCCCCCCCCC)OC(=O)CCCCCCCCCCCCC. The van der Waals surface area contributed by atoms with Gasteiger partial charge in [0.15, 0.2) is 12.2 Å². The third-order valence-electron chi connectivity index (χ3n) is 15.1. The molecule has 3 N–H and O–H groups in total. The second-order valence-corrected chi connectivity index (χ2v) is 26.4. The Kier molecular flexibility index (Phi) is 58.6. The number of esters is 4. The van der Waals surface area contributed by atoms with Crippen molar-refractivity contribution in [1.82, 2.24) is 0 Å². The summed E-state index contributed by atoms with van der Waals surface area (Å²) in [7, 11) is -9.88. The molecule has 0 rings (SSSR count). The van der Waals surface area contributed by atoms with E-state index in [1.807, 2.05) is 0 Å². The van der Waals surface area contributed by atoms with Crippen LogP contribution < -0.4 is 0 Å². The zero-order valence-electron chi connectivity index (χ0n) is 53.9. The number of phosphoric ester groups is 2. The predicted octanol–water partition coefficient (Wildman–Crippen LogP) is 18.3. The molecular formula is C65H126O17P2. The average molecular weight is 1240 g/mol. The summed E-state index contributed by atoms with van der Waals surface area (Å²) in [5.74, 6) is -2.13. The van der Waals surface area contributed by atoms with Crippen molar-refractivity contribution in [3.63, 3.8) is 0 Å². The molecular weight excluding hydrogens is 1110 g/mol. The first kappa shape index (κ1) is 82.1. The van der Waals surface area contributed by atoms with E-state index in [0.29, 0.717) is 25.7 Å². The van der Waals surface area contributed by atoms with E-state index in [9.17, 15) is 43.2 Å². The van der Waals surface area contributed by atoms with E-state index in [2.05, 4.69) is 27.7 Å². The summed E-state index contributed by atoms with van der Waals surface area (Å²) in [6, 6.07) is 0. The van der Waals surface area contributed by atoms with Gasteiger partial charge in [0.1, 0.15) is 19.3 Å². The molecule has 0 spiro atoms. The van der Waals surface area contributed by atoms with Gasteiger partial charge in [-0.05, 0) is 25.7 Å². The van der Waals surface area contributed by atoms with Gasteiger partial charge in [0.05, 0.1) is 26.4 Å². The van der Waals surface area contributed by atoms with Gasteiger partial charge in [-0.25, -0.2) is 9.13 Å². The number of phosphoric acid groups is 2. The summed E-state index contributed by atoms with van der Waals surface area (Å²) >= 11 is 0. The highest BCUT2D eigenvalue weighted by Gasteiger charge is 2.30. The molecule has 0 aliphatic rings. The minimum atomic E-state index is -4.94. The third kappa shape index (κ3) is 59.0. The van der Waals surface area contributed by atoms with Crippen molar-refractivity contribution >= 4 is 39.5 Å². The number of carbonyl (C=O) groups excluding carboxylic acids is 4. The number of hydrogen-bond donors (Lipinski definition) is 3. The van der Waals surface area contributed by atoms with E-state index in [0.717, 1.165) is 89.9 Å². The van der Waals surface area contributed by atoms with Crippen LogP contribution in [0.5, 0.6) is 0 Å². The molecule has 0 aliphatic carbocycles. The Bertz CT molecular complexity index is 1510. The van der Waals surface area contributed by atoms with Gasteiger partial charge in [-0.2, -0.15) is 0 Å². The lowest BCUT2D eigenvalue weighted by Gasteiger charge is -2.21. The predicted molar refractivity (Wildman–Crippen MR) is 335 cm³/mol. The molecule has 3 unspecified atom stereocenters. The molecule has 5 atom stereocenters. The Morgan fingerprint density at radius 3 is 0.702 bits per heavy atom. The van der Waals surface area contributed by atoms with Crippen molar-refractivity contribution in [2.75, 3.05) is 39.6 Å². The molecule has 498 valence electrons. The van der Waals surface area contributed by atoms with Crippen LogP contribution in [0.15, 0.2) is 0 Å². The highest BCUT2D eigenvalue weighted by Crippen LogP contribution is 2.45. The number of hydrogen-bond acceptors (Lipinski definition) is 15. The van der Waals surface area contributed by atoms with Gasteiger partial charge in [-0.3, -0.25) is 37.3 Å². The van der Waals surface area contributed by atoms with Gasteiger partial charge in [-0.15, -0.1) is 0 Å². The summed E-state index contributed by atoms with van der Waals surface area (Å²) in [5, 5.41) is 10.5. The van der Waals surface area contributed by atoms with Gasteiger partial charge in [-0.1, -0.05) is 285 Å². The number of aliphatic hydroxyl groups is 1. The molecule has 0 aliphatic heterocycles. The number of rotatable bonds is 66. The highest BCUT2D eigenvalue weighted by molar-refractivity contribution is 7.47. The monoisotopic (exact) mass is 1240 g/mol. The zero-order valence-corrected chi connectivity index (χ0v) is 55.7. The van der Waals surface area contributed by atoms with E-state index in [-0.39, 0.29) is 25.7 Å². The second-order valence-electron chi connectivity index (χ2n) is 23.5. The molecule has 17 nitrogen and oxygen atoms in total. The maximum atomic E-state index is 13.0. The van der Waals surface area contributed by atoms with Crippen molar-refractivity contribution < 1.29 is 80.2 Å². The minimum absolute atomic E-state index is 0.107. The molecule has 0 fully saturated rings. The van der Waals surface area contributed by atoms with Gasteiger partial charge < -0.3 is 33.8 Å². The smallest absolute Gasteiger partial charge is 0.462 e. The molecule has 0 amide bonds. The van der Waals surface area contributed by atoms with Crippen molar-refractivity contribution in [3.8, 4) is 0 Å². The normalized spacial score (nSPS) is 14.1. The zero-order chi connectivity index (χ0) is 61.9. The van der Waals surface area contributed by atoms with E-state index in [4.69, 9.17) is 37.0 Å². The lowest BCUT2D eigenvalue weighted by molar-refractivity contribution is -0.161. The average Bonchev–Trinajstić information content (AvgIpc) is 3.58. The fourth-order valence-electron chi connectivity index (χ4n) is 9.81. The van der Waals surface area contributed by atoms with E-state index in [1.165, 1.54) is 167 Å². The Morgan fingerprint density at radius 1 is 0.286 bits per heavy atom. The van der Waals surface area contributed by atoms with E-state index >= 15 is 0 Å². The van der Waals surface area contributed by atoms with Gasteiger partial charge in [0, 0.05) is 25.7 Å². The van der Waals surface area contributed by atoms with Crippen molar-refractivity contribution in [1.29, 1.82) is 0 Å². The van der Waals surface area contributed by atoms with Crippen LogP contribution in [0, 0.1) is 0 Å². The molecule has 0 bridgehead atoms. The maximum absolute atomic E-state index is 13.0. The molecule has 0 aromatic heterocycles. The van der Waals surface area contributed by atoms with Crippen LogP contribution in [-0.2, 0) is 65.4 Å². The van der Waals surface area contributed by atoms with Crippen LogP contribution >= 0.6 is 15.6 Å². The molecule has 19 heteroatoms. The summed E-state index contributed by atoms with van der Waals surface area (Å²) in [4.78, 5) is 72.2. The van der Waals surface area contributed by atoms with Gasteiger partial charge in [0.25, 0.3) is 0 Å². The Morgan fingerprint density at radius 2 is 0.476 bits per heavy atom. The van der Waals surface area contributed by atoms with Crippen LogP contribution in [-0.4, -0.2) is 96.7 Å². The Balaban J connectivity index is 5.24. The summed E-state index contributed by atoms with van der Waals surface area (Å²) in [5.41, 5.74) is 0. The van der Waals surface area contributed by atoms with E-state index < -0.39 is 97.5 Å². The van der Waals surface area contributed by atoms with Crippen LogP contribution in [0.2, 0.25) is 0 Å². The summed E-state index contributed by atoms with van der Waals surface area (Å²) in [6.07, 6.45) is 45.6. The number of carbonyl (C=O) groups is 4. The van der Waals surface area contributed by atoms with Gasteiger partial charge >= 0.3 is 39.5 Å². The lowest BCUT2D eigenvalue weighted by atomic mass is 10.1. The van der Waals surface area contributed by atoms with Crippen molar-refractivity contribution in [2.24, 2.45) is 0 Å². The fourth-order valence-corrected chi connectivity index (χ4v) is 11.4. The molecule has 84 heavy (non-hydrogen) atoms. The quantitative estimate of drug-likeness (QED) is 0.0222. The number of unbranched alkanes of at least 4 members (excludes halogenated alkanes) is 40. The topological polar surface area (TPSA) is 237 Å². The molecule has 0 aromatic carbocycles. The van der Waals surface area contributed by atoms with Crippen LogP contribution in [0.3, 0.4) is 0 Å². The van der Waals surface area contributed by atoms with Gasteiger partial charge in [0.2, 0.25) is 0 Å². The highest BCUT2D eigenvalue weighted by atomic mass is 31.2. The molecule has 0 radical (unpaired) electrons. The molecule has 0 saturated carbocycles. The maximum Gasteiger partial charge on any atom is 0.472 e. The summed E-state index contributed by atoms with van der Waals surface area (Å²) in [6.45, 7) is 4.90. The van der Waals surface area contributed by atoms with Crippen LogP contribution in [0.1, 0.15) is 336 Å². The minimum Gasteiger partial charge on any atom is -0.462 e. The fraction of sp³-hybridized carbons (Fsp3) is 0.938. The second kappa shape index (κ2) is 60.0. The van der Waals surface area contributed by atoms with Crippen LogP contribution in [0.4, 0.5) is 0 Å². The third-order valence-corrected chi connectivity index (χ3v) is 17.0. The largest absolute Gasteiger partial charge is 0.472 e. The molecule has 0 heterocycles. The van der Waals surface area contributed by atoms with Crippen molar-refractivity contribution in [2.45, 2.75) is 354 Å². The first-order valence-corrected chi connectivity index (χ1v) is 37.3. The molecule has 0 saturated heterocycles. The van der Waals surface area contributed by atoms with E-state index in [1.54, 1.807) is 0 Å². The summed E-state index contributed by atoms with van der Waals surface area (Å²) < 4.78 is 68.0. The molecule has 0 aromatic rings. The van der Waals surface area contributed by atoms with Crippen LogP contribution in [0.25, 0.3) is 0 Å². The Hall–Kier alpha value is -1.94. The Labute approximate surface area is 511 Å². The lowest BCUT2D eigenvalue weighted by Crippen LogP contribution is -2.30. The first-order valence-electron chi connectivity index (χ1n) is 34.3. The van der Waals surface area contributed by atoms with Crippen molar-refractivity contribution in [3.05, 3.63) is 0 Å².